The van der Waals surface area contributed by atoms with Crippen molar-refractivity contribution in [2.24, 2.45) is 0 Å². The number of unbranched alkanes of at least 4 members (excludes halogenated alkanes) is 1. The molecule has 1 aliphatic heterocycles. The summed E-state index contributed by atoms with van der Waals surface area (Å²) < 4.78 is 0. The molecule has 100 valence electrons. The Hall–Kier alpha value is -1.82. The number of nitrogens with zero attached hydrogens (tertiary/aromatic N) is 2. The molecule has 1 aromatic carbocycles. The third-order valence-electron chi connectivity index (χ3n) is 3.98. The lowest BCUT2D eigenvalue weighted by molar-refractivity contribution is -0.122. The molecular formula is C16H20N2O. The molecule has 0 saturated heterocycles. The van der Waals surface area contributed by atoms with Crippen molar-refractivity contribution < 1.29 is 4.79 Å². The van der Waals surface area contributed by atoms with Crippen LogP contribution in [0.1, 0.15) is 45.1 Å². The van der Waals surface area contributed by atoms with E-state index in [2.05, 4.69) is 13.0 Å². The van der Waals surface area contributed by atoms with Gasteiger partial charge >= 0.3 is 0 Å². The highest BCUT2D eigenvalue weighted by Crippen LogP contribution is 2.44. The quantitative estimate of drug-likeness (QED) is 0.810. The number of benzene rings is 1. The topological polar surface area (TPSA) is 44.1 Å². The summed E-state index contributed by atoms with van der Waals surface area (Å²) in [5.74, 6) is 0.150. The number of anilines is 1. The maximum atomic E-state index is 12.7. The standard InChI is InChI=1S/C16H20N2O/c1-3-4-12-18-14-9-6-5-8-13(14)16(2,15(18)19)10-7-11-17/h5-6,8-9H,3-4,7,10,12H2,1-2H3/t16-/m0/s1. The lowest BCUT2D eigenvalue weighted by Crippen LogP contribution is -2.38. The number of para-hydroxylation sites is 1. The van der Waals surface area contributed by atoms with E-state index >= 15 is 0 Å². The van der Waals surface area contributed by atoms with Crippen molar-refractivity contribution in [2.45, 2.75) is 44.9 Å². The minimum absolute atomic E-state index is 0.150. The Kier molecular flexibility index (Phi) is 3.90. The Labute approximate surface area is 114 Å². The number of carbonyl (C=O) groups excluding carboxylic acids is 1. The summed E-state index contributed by atoms with van der Waals surface area (Å²) >= 11 is 0. The highest BCUT2D eigenvalue weighted by Gasteiger charge is 2.46. The van der Waals surface area contributed by atoms with Gasteiger partial charge in [-0.3, -0.25) is 4.79 Å². The number of fused-ring (bicyclic) bond motifs is 1. The number of nitriles is 1. The van der Waals surface area contributed by atoms with Crippen molar-refractivity contribution >= 4 is 11.6 Å². The zero-order valence-electron chi connectivity index (χ0n) is 11.6. The second-order valence-corrected chi connectivity index (χ2v) is 5.32. The minimum atomic E-state index is -0.528. The van der Waals surface area contributed by atoms with E-state index < -0.39 is 5.41 Å². The average molecular weight is 256 g/mol. The van der Waals surface area contributed by atoms with E-state index in [4.69, 9.17) is 5.26 Å². The summed E-state index contributed by atoms with van der Waals surface area (Å²) in [6, 6.07) is 10.1. The maximum absolute atomic E-state index is 12.7. The normalized spacial score (nSPS) is 21.3. The molecule has 1 aliphatic rings. The number of hydrogen-bond donors (Lipinski definition) is 0. The number of rotatable bonds is 5. The zero-order valence-corrected chi connectivity index (χ0v) is 11.6. The third kappa shape index (κ3) is 2.23. The fourth-order valence-corrected chi connectivity index (χ4v) is 2.78. The monoisotopic (exact) mass is 256 g/mol. The van der Waals surface area contributed by atoms with E-state index in [-0.39, 0.29) is 5.91 Å². The van der Waals surface area contributed by atoms with Gasteiger partial charge in [0.1, 0.15) is 0 Å². The van der Waals surface area contributed by atoms with Crippen LogP contribution in [0, 0.1) is 11.3 Å². The van der Waals surface area contributed by atoms with E-state index in [0.717, 1.165) is 30.6 Å². The predicted octanol–water partition coefficient (Wildman–Crippen LogP) is 3.39. The summed E-state index contributed by atoms with van der Waals surface area (Å²) in [6.07, 6.45) is 3.09. The molecule has 0 saturated carbocycles. The lowest BCUT2D eigenvalue weighted by atomic mass is 9.80. The third-order valence-corrected chi connectivity index (χ3v) is 3.98. The van der Waals surface area contributed by atoms with Crippen LogP contribution in [-0.2, 0) is 10.2 Å². The fraction of sp³-hybridized carbons (Fsp3) is 0.500. The summed E-state index contributed by atoms with van der Waals surface area (Å²) in [4.78, 5) is 14.6. The van der Waals surface area contributed by atoms with Gasteiger partial charge in [-0.05, 0) is 31.4 Å². The Morgan fingerprint density at radius 3 is 2.79 bits per heavy atom. The smallest absolute Gasteiger partial charge is 0.237 e. The molecule has 0 fully saturated rings. The van der Waals surface area contributed by atoms with Crippen LogP contribution in [0.2, 0.25) is 0 Å². The van der Waals surface area contributed by atoms with Crippen molar-refractivity contribution in [2.75, 3.05) is 11.4 Å². The van der Waals surface area contributed by atoms with E-state index in [1.165, 1.54) is 0 Å². The van der Waals surface area contributed by atoms with Gasteiger partial charge in [0.2, 0.25) is 5.91 Å². The van der Waals surface area contributed by atoms with E-state index in [9.17, 15) is 4.79 Å². The van der Waals surface area contributed by atoms with Gasteiger partial charge in [-0.15, -0.1) is 0 Å². The van der Waals surface area contributed by atoms with Gasteiger partial charge in [-0.25, -0.2) is 0 Å². The molecule has 0 N–H and O–H groups in total. The first-order chi connectivity index (χ1) is 9.15. The van der Waals surface area contributed by atoms with Gasteiger partial charge in [0.15, 0.2) is 0 Å². The van der Waals surface area contributed by atoms with Gasteiger partial charge in [-0.2, -0.15) is 5.26 Å². The van der Waals surface area contributed by atoms with Crippen LogP contribution in [0.5, 0.6) is 0 Å². The van der Waals surface area contributed by atoms with Gasteiger partial charge in [0.05, 0.1) is 11.5 Å². The summed E-state index contributed by atoms with van der Waals surface area (Å²) in [6.45, 7) is 4.87. The van der Waals surface area contributed by atoms with Gasteiger partial charge in [0, 0.05) is 18.7 Å². The Morgan fingerprint density at radius 2 is 2.11 bits per heavy atom. The van der Waals surface area contributed by atoms with Crippen molar-refractivity contribution in [1.82, 2.24) is 0 Å². The van der Waals surface area contributed by atoms with Crippen LogP contribution in [0.25, 0.3) is 0 Å². The Morgan fingerprint density at radius 1 is 1.37 bits per heavy atom. The first-order valence-corrected chi connectivity index (χ1v) is 6.93. The molecule has 1 amide bonds. The van der Waals surface area contributed by atoms with Gasteiger partial charge in [-0.1, -0.05) is 31.5 Å². The largest absolute Gasteiger partial charge is 0.311 e. The molecule has 0 unspecified atom stereocenters. The summed E-state index contributed by atoms with van der Waals surface area (Å²) in [5.41, 5.74) is 1.58. The summed E-state index contributed by atoms with van der Waals surface area (Å²) in [5, 5.41) is 8.81. The molecule has 1 atom stereocenters. The van der Waals surface area contributed by atoms with Crippen LogP contribution in [0.3, 0.4) is 0 Å². The molecule has 0 bridgehead atoms. The van der Waals surface area contributed by atoms with Crippen molar-refractivity contribution in [3.63, 3.8) is 0 Å². The second-order valence-electron chi connectivity index (χ2n) is 5.32. The highest BCUT2D eigenvalue weighted by molar-refractivity contribution is 6.07. The van der Waals surface area contributed by atoms with Crippen molar-refractivity contribution in [3.05, 3.63) is 29.8 Å². The molecule has 0 spiro atoms. The van der Waals surface area contributed by atoms with Gasteiger partial charge < -0.3 is 4.90 Å². The second kappa shape index (κ2) is 5.44. The SMILES string of the molecule is CCCCN1C(=O)[C@@](C)(CCC#N)c2ccccc21. The number of carbonyl (C=O) groups is 1. The van der Waals surface area contributed by atoms with Crippen LogP contribution in [-0.4, -0.2) is 12.5 Å². The molecule has 2 rings (SSSR count). The minimum Gasteiger partial charge on any atom is -0.311 e. The Bertz CT molecular complexity index is 518. The molecule has 1 aromatic rings. The van der Waals surface area contributed by atoms with Crippen LogP contribution in [0.4, 0.5) is 5.69 Å². The Balaban J connectivity index is 2.38. The number of hydrogen-bond acceptors (Lipinski definition) is 2. The van der Waals surface area contributed by atoms with Crippen LogP contribution in [0.15, 0.2) is 24.3 Å². The zero-order chi connectivity index (χ0) is 13.9. The molecule has 19 heavy (non-hydrogen) atoms. The lowest BCUT2D eigenvalue weighted by Gasteiger charge is -2.23. The fourth-order valence-electron chi connectivity index (χ4n) is 2.78. The van der Waals surface area contributed by atoms with E-state index in [1.807, 2.05) is 36.1 Å². The molecule has 0 radical (unpaired) electrons. The predicted molar refractivity (Wildman–Crippen MR) is 75.9 cm³/mol. The number of amides is 1. The first kappa shape index (κ1) is 13.6. The molecule has 1 heterocycles. The van der Waals surface area contributed by atoms with Crippen molar-refractivity contribution in [3.8, 4) is 6.07 Å². The average Bonchev–Trinajstić information content (AvgIpc) is 2.65. The molecule has 0 aliphatic carbocycles. The highest BCUT2D eigenvalue weighted by atomic mass is 16.2. The van der Waals surface area contributed by atoms with Gasteiger partial charge in [0.25, 0.3) is 0 Å². The summed E-state index contributed by atoms with van der Waals surface area (Å²) in [7, 11) is 0. The van der Waals surface area contributed by atoms with Crippen LogP contribution >= 0.6 is 0 Å². The molecular weight excluding hydrogens is 236 g/mol. The molecule has 0 aromatic heterocycles. The van der Waals surface area contributed by atoms with Crippen LogP contribution < -0.4 is 4.90 Å². The molecule has 3 heteroatoms. The molecule has 3 nitrogen and oxygen atoms in total. The van der Waals surface area contributed by atoms with Crippen molar-refractivity contribution in [1.29, 1.82) is 5.26 Å². The first-order valence-electron chi connectivity index (χ1n) is 6.93. The maximum Gasteiger partial charge on any atom is 0.237 e. The van der Waals surface area contributed by atoms with E-state index in [1.54, 1.807) is 0 Å². The van der Waals surface area contributed by atoms with E-state index in [0.29, 0.717) is 12.8 Å².